The van der Waals surface area contributed by atoms with Gasteiger partial charge in [0.05, 0.1) is 36.8 Å². The average molecular weight is 482 g/mol. The van der Waals surface area contributed by atoms with E-state index >= 15 is 0 Å². The predicted molar refractivity (Wildman–Crippen MR) is 124 cm³/mol. The first-order chi connectivity index (χ1) is 17.0. The predicted octanol–water partition coefficient (Wildman–Crippen LogP) is 1.41. The number of rotatable bonds is 4. The van der Waals surface area contributed by atoms with Crippen molar-refractivity contribution in [3.8, 4) is 11.1 Å². The van der Waals surface area contributed by atoms with Crippen molar-refractivity contribution < 1.29 is 23.8 Å². The van der Waals surface area contributed by atoms with Gasteiger partial charge in [-0.1, -0.05) is 18.2 Å². The van der Waals surface area contributed by atoms with Gasteiger partial charge in [-0.2, -0.15) is 0 Å². The summed E-state index contributed by atoms with van der Waals surface area (Å²) < 4.78 is 21.5. The van der Waals surface area contributed by atoms with Crippen LogP contribution in [0.1, 0.15) is 24.6 Å². The molecule has 0 spiro atoms. The number of halogens is 1. The summed E-state index contributed by atoms with van der Waals surface area (Å²) in [5.41, 5.74) is 0.682. The van der Waals surface area contributed by atoms with E-state index in [0.29, 0.717) is 32.0 Å². The van der Waals surface area contributed by atoms with Crippen molar-refractivity contribution in [2.45, 2.75) is 31.5 Å². The van der Waals surface area contributed by atoms with Crippen molar-refractivity contribution in [1.29, 1.82) is 0 Å². The number of ether oxygens (including phenoxy) is 1. The molecular formula is C26H28FN3O5. The maximum Gasteiger partial charge on any atom is 0.258 e. The van der Waals surface area contributed by atoms with Gasteiger partial charge in [0, 0.05) is 49.3 Å². The number of nitrogens with zero attached hydrogens (tertiary/aromatic N) is 3. The van der Waals surface area contributed by atoms with Crippen LogP contribution in [-0.2, 0) is 20.9 Å². The summed E-state index contributed by atoms with van der Waals surface area (Å²) in [6.07, 6.45) is 1.64. The largest absolute Gasteiger partial charge is 0.396 e. The van der Waals surface area contributed by atoms with Crippen LogP contribution in [0.15, 0.2) is 41.2 Å². The number of aliphatic hydroxyl groups is 1. The van der Waals surface area contributed by atoms with Crippen molar-refractivity contribution in [2.24, 2.45) is 17.8 Å². The van der Waals surface area contributed by atoms with Crippen molar-refractivity contribution in [1.82, 2.24) is 14.4 Å². The Hall–Kier alpha value is -3.04. The van der Waals surface area contributed by atoms with Gasteiger partial charge in [-0.25, -0.2) is 4.39 Å². The van der Waals surface area contributed by atoms with Crippen LogP contribution in [0.3, 0.4) is 0 Å². The number of carbonyl (C=O) groups excluding carboxylic acids is 2. The van der Waals surface area contributed by atoms with Gasteiger partial charge in [-0.3, -0.25) is 14.4 Å². The van der Waals surface area contributed by atoms with Crippen LogP contribution in [0, 0.1) is 23.6 Å². The van der Waals surface area contributed by atoms with E-state index in [1.807, 2.05) is 0 Å². The molecule has 0 unspecified atom stereocenters. The molecule has 4 atom stereocenters. The molecule has 1 aliphatic carbocycles. The second-order valence-corrected chi connectivity index (χ2v) is 9.91. The number of pyridine rings is 1. The van der Waals surface area contributed by atoms with E-state index in [0.717, 1.165) is 12.8 Å². The minimum atomic E-state index is -0.654. The SMILES string of the molecule is O=C([C@H]1[C@H](CO)[C@H]2Cn3c(ccc(-c4ccccc4F)c3=O)[C@@H]1N2C(=O)C1CC1)N1CCOCC1. The highest BCUT2D eigenvalue weighted by atomic mass is 19.1. The Morgan fingerprint density at radius 3 is 2.46 bits per heavy atom. The third kappa shape index (κ3) is 3.51. The molecule has 35 heavy (non-hydrogen) atoms. The lowest BCUT2D eigenvalue weighted by atomic mass is 9.86. The number of morpholine rings is 1. The number of hydrogen-bond donors (Lipinski definition) is 1. The van der Waals surface area contributed by atoms with Crippen molar-refractivity contribution >= 4 is 11.8 Å². The molecule has 8 nitrogen and oxygen atoms in total. The van der Waals surface area contributed by atoms with E-state index in [9.17, 15) is 23.9 Å². The maximum absolute atomic E-state index is 14.5. The molecule has 2 amide bonds. The Kier molecular flexibility index (Phi) is 5.49. The minimum Gasteiger partial charge on any atom is -0.396 e. The van der Waals surface area contributed by atoms with Gasteiger partial charge >= 0.3 is 0 Å². The van der Waals surface area contributed by atoms with E-state index in [1.165, 1.54) is 6.07 Å². The van der Waals surface area contributed by atoms with Gasteiger partial charge < -0.3 is 24.2 Å². The first kappa shape index (κ1) is 22.4. The lowest BCUT2D eigenvalue weighted by Crippen LogP contribution is -2.50. The second kappa shape index (κ2) is 8.57. The van der Waals surface area contributed by atoms with Crippen LogP contribution < -0.4 is 5.56 Å². The Labute approximate surface area is 201 Å². The Morgan fingerprint density at radius 2 is 1.77 bits per heavy atom. The van der Waals surface area contributed by atoms with Crippen LogP contribution in [0.5, 0.6) is 0 Å². The Balaban J connectivity index is 1.47. The molecule has 1 saturated carbocycles. The molecule has 2 saturated heterocycles. The molecule has 1 N–H and O–H groups in total. The summed E-state index contributed by atoms with van der Waals surface area (Å²) in [5, 5.41) is 10.4. The monoisotopic (exact) mass is 481 g/mol. The fraction of sp³-hybridized carbons (Fsp3) is 0.500. The van der Waals surface area contributed by atoms with Gasteiger partial charge in [-0.15, -0.1) is 0 Å². The van der Waals surface area contributed by atoms with Gasteiger partial charge in [0.25, 0.3) is 5.56 Å². The molecule has 0 radical (unpaired) electrons. The van der Waals surface area contributed by atoms with E-state index < -0.39 is 29.7 Å². The lowest BCUT2D eigenvalue weighted by molar-refractivity contribution is -0.143. The molecule has 1 aromatic heterocycles. The zero-order chi connectivity index (χ0) is 24.3. The second-order valence-electron chi connectivity index (χ2n) is 9.91. The first-order valence-electron chi connectivity index (χ1n) is 12.3. The molecule has 184 valence electrons. The fourth-order valence-corrected chi connectivity index (χ4v) is 6.11. The van der Waals surface area contributed by atoms with Crippen LogP contribution in [0.2, 0.25) is 0 Å². The summed E-state index contributed by atoms with van der Waals surface area (Å²) in [5.74, 6) is -1.82. The minimum absolute atomic E-state index is 0.00685. The molecule has 4 heterocycles. The standard InChI is InChI=1S/C26H28FN3O5/c27-19-4-2-1-3-16(19)17-7-8-20-23-22(26(34)28-9-11-35-12-10-28)18(14-31)21(13-29(20)25(17)33)30(23)24(32)15-5-6-15/h1-4,7-8,15,18,21-23,31H,5-6,9-14H2/t18-,21-,22+,23+/m1/s1. The molecule has 1 aromatic carbocycles. The van der Waals surface area contributed by atoms with Crippen LogP contribution >= 0.6 is 0 Å². The molecule has 9 heteroatoms. The maximum atomic E-state index is 14.5. The fourth-order valence-electron chi connectivity index (χ4n) is 6.11. The van der Waals surface area contributed by atoms with Gasteiger partial charge in [0.2, 0.25) is 11.8 Å². The molecular weight excluding hydrogens is 453 g/mol. The number of carbonyl (C=O) groups is 2. The van der Waals surface area contributed by atoms with Gasteiger partial charge in [0.1, 0.15) is 5.82 Å². The van der Waals surface area contributed by atoms with E-state index in [4.69, 9.17) is 4.74 Å². The third-order valence-corrected chi connectivity index (χ3v) is 8.00. The molecule has 3 aliphatic heterocycles. The Morgan fingerprint density at radius 1 is 1.03 bits per heavy atom. The number of aliphatic hydroxyl groups excluding tert-OH is 1. The molecule has 6 rings (SSSR count). The molecule has 3 fully saturated rings. The van der Waals surface area contributed by atoms with Crippen molar-refractivity contribution in [3.05, 3.63) is 58.3 Å². The summed E-state index contributed by atoms with van der Waals surface area (Å²) in [6.45, 7) is 1.72. The highest BCUT2D eigenvalue weighted by Gasteiger charge is 2.59. The highest BCUT2D eigenvalue weighted by molar-refractivity contribution is 5.86. The highest BCUT2D eigenvalue weighted by Crippen LogP contribution is 2.51. The Bertz CT molecular complexity index is 1240. The van der Waals surface area contributed by atoms with Crippen LogP contribution in [-0.4, -0.2) is 70.2 Å². The molecule has 2 bridgehead atoms. The number of hydrogen-bond acceptors (Lipinski definition) is 5. The number of fused-ring (bicyclic) bond motifs is 4. The number of aromatic nitrogens is 1. The van der Waals surface area contributed by atoms with Gasteiger partial charge in [0.15, 0.2) is 0 Å². The van der Waals surface area contributed by atoms with Crippen LogP contribution in [0.4, 0.5) is 4.39 Å². The summed E-state index contributed by atoms with van der Waals surface area (Å²) in [7, 11) is 0. The average Bonchev–Trinajstić information content (AvgIpc) is 3.70. The summed E-state index contributed by atoms with van der Waals surface area (Å²) in [6, 6.07) is 8.36. The van der Waals surface area contributed by atoms with E-state index in [1.54, 1.807) is 44.7 Å². The zero-order valence-corrected chi connectivity index (χ0v) is 19.3. The van der Waals surface area contributed by atoms with E-state index in [2.05, 4.69) is 0 Å². The van der Waals surface area contributed by atoms with Crippen molar-refractivity contribution in [2.75, 3.05) is 32.9 Å². The van der Waals surface area contributed by atoms with E-state index in [-0.39, 0.29) is 47.6 Å². The number of amides is 2. The first-order valence-corrected chi connectivity index (χ1v) is 12.3. The topological polar surface area (TPSA) is 92.1 Å². The quantitative estimate of drug-likeness (QED) is 0.713. The number of benzene rings is 1. The third-order valence-electron chi connectivity index (χ3n) is 8.00. The van der Waals surface area contributed by atoms with Crippen LogP contribution in [0.25, 0.3) is 11.1 Å². The van der Waals surface area contributed by atoms with Gasteiger partial charge in [-0.05, 0) is 31.0 Å². The molecule has 4 aliphatic rings. The zero-order valence-electron chi connectivity index (χ0n) is 19.3. The molecule has 2 aromatic rings. The summed E-state index contributed by atoms with van der Waals surface area (Å²) in [4.78, 5) is 44.3. The summed E-state index contributed by atoms with van der Waals surface area (Å²) >= 11 is 0. The van der Waals surface area contributed by atoms with Crippen molar-refractivity contribution in [3.63, 3.8) is 0 Å². The normalized spacial score (nSPS) is 27.6. The smallest absolute Gasteiger partial charge is 0.258 e. The lowest BCUT2D eigenvalue weighted by Gasteiger charge is -2.39.